The van der Waals surface area contributed by atoms with Gasteiger partial charge >= 0.3 is 0 Å². The van der Waals surface area contributed by atoms with Gasteiger partial charge < -0.3 is 9.26 Å². The van der Waals surface area contributed by atoms with Gasteiger partial charge in [-0.2, -0.15) is 4.98 Å². The maximum Gasteiger partial charge on any atom is 0.240 e. The number of halogens is 2. The van der Waals surface area contributed by atoms with Gasteiger partial charge in [0, 0.05) is 36.7 Å². The lowest BCUT2D eigenvalue weighted by molar-refractivity contribution is 0.198. The summed E-state index contributed by atoms with van der Waals surface area (Å²) in [5.41, 5.74) is 0.514. The van der Waals surface area contributed by atoms with Crippen molar-refractivity contribution in [2.75, 3.05) is 13.7 Å². The first-order valence-corrected chi connectivity index (χ1v) is 8.02. The van der Waals surface area contributed by atoms with Crippen molar-refractivity contribution in [1.82, 2.24) is 15.0 Å². The Morgan fingerprint density at radius 3 is 2.91 bits per heavy atom. The molecule has 0 aliphatic heterocycles. The Kier molecular flexibility index (Phi) is 5.25. The lowest BCUT2D eigenvalue weighted by Gasteiger charge is -2.20. The lowest BCUT2D eigenvalue weighted by atomic mass is 10.2. The fourth-order valence-corrected chi connectivity index (χ4v) is 2.69. The van der Waals surface area contributed by atoms with Crippen LogP contribution < -0.4 is 0 Å². The largest absolute Gasteiger partial charge is 0.384 e. The summed E-state index contributed by atoms with van der Waals surface area (Å²) in [7, 11) is 1.63. The molecule has 23 heavy (non-hydrogen) atoms. The number of methoxy groups -OCH3 is 1. The summed E-state index contributed by atoms with van der Waals surface area (Å²) in [4.78, 5) is 6.49. The first kappa shape index (κ1) is 16.4. The van der Waals surface area contributed by atoms with E-state index < -0.39 is 0 Å². The Morgan fingerprint density at radius 2 is 2.22 bits per heavy atom. The minimum Gasteiger partial charge on any atom is -0.384 e. The first-order chi connectivity index (χ1) is 11.2. The van der Waals surface area contributed by atoms with Gasteiger partial charge in [-0.3, -0.25) is 4.90 Å². The summed E-state index contributed by atoms with van der Waals surface area (Å²) < 4.78 is 24.3. The van der Waals surface area contributed by atoms with E-state index in [0.717, 1.165) is 12.8 Å². The third-order valence-electron chi connectivity index (χ3n) is 3.86. The zero-order chi connectivity index (χ0) is 16.2. The van der Waals surface area contributed by atoms with Crippen LogP contribution in [0.15, 0.2) is 22.7 Å². The summed E-state index contributed by atoms with van der Waals surface area (Å²) in [6.45, 7) is 1.48. The molecule has 5 nitrogen and oxygen atoms in total. The second-order valence-corrected chi connectivity index (χ2v) is 6.09. The van der Waals surface area contributed by atoms with Crippen LogP contribution in [-0.4, -0.2) is 34.8 Å². The van der Waals surface area contributed by atoms with Gasteiger partial charge in [-0.1, -0.05) is 22.8 Å². The van der Waals surface area contributed by atoms with Gasteiger partial charge in [-0.15, -0.1) is 0 Å². The average Bonchev–Trinajstić information content (AvgIpc) is 3.28. The second-order valence-electron chi connectivity index (χ2n) is 5.68. The molecule has 0 unspecified atom stereocenters. The van der Waals surface area contributed by atoms with Crippen molar-refractivity contribution in [3.63, 3.8) is 0 Å². The minimum atomic E-state index is -0.283. The van der Waals surface area contributed by atoms with Crippen molar-refractivity contribution in [2.24, 2.45) is 0 Å². The molecule has 0 amide bonds. The second kappa shape index (κ2) is 7.38. The van der Waals surface area contributed by atoms with Gasteiger partial charge in [0.2, 0.25) is 5.89 Å². The Balaban J connectivity index is 1.69. The smallest absolute Gasteiger partial charge is 0.240 e. The fraction of sp³-hybridized carbons (Fsp3) is 0.500. The molecule has 124 valence electrons. The Labute approximate surface area is 139 Å². The molecule has 1 aliphatic rings. The molecular formula is C16H19ClFN3O2. The van der Waals surface area contributed by atoms with Gasteiger partial charge in [-0.05, 0) is 25.0 Å². The van der Waals surface area contributed by atoms with E-state index in [2.05, 4.69) is 15.0 Å². The van der Waals surface area contributed by atoms with Crippen LogP contribution in [0.1, 0.15) is 30.1 Å². The predicted molar refractivity (Wildman–Crippen MR) is 83.6 cm³/mol. The molecule has 1 aromatic heterocycles. The first-order valence-electron chi connectivity index (χ1n) is 7.64. The molecule has 1 aliphatic carbocycles. The van der Waals surface area contributed by atoms with E-state index in [1.54, 1.807) is 19.2 Å². The Hall–Kier alpha value is -1.50. The van der Waals surface area contributed by atoms with E-state index >= 15 is 0 Å². The van der Waals surface area contributed by atoms with Crippen LogP contribution >= 0.6 is 11.6 Å². The highest BCUT2D eigenvalue weighted by Gasteiger charge is 2.31. The molecule has 3 rings (SSSR count). The van der Waals surface area contributed by atoms with Crippen LogP contribution in [0, 0.1) is 5.82 Å². The van der Waals surface area contributed by atoms with E-state index in [-0.39, 0.29) is 5.82 Å². The molecule has 0 saturated heterocycles. The number of aromatic nitrogens is 2. The molecule has 0 spiro atoms. The van der Waals surface area contributed by atoms with Crippen LogP contribution in [-0.2, 0) is 24.2 Å². The fourth-order valence-electron chi connectivity index (χ4n) is 2.46. The molecule has 1 fully saturated rings. The molecule has 1 saturated carbocycles. The van der Waals surface area contributed by atoms with Crippen molar-refractivity contribution >= 4 is 11.6 Å². The third-order valence-corrected chi connectivity index (χ3v) is 4.22. The summed E-state index contributed by atoms with van der Waals surface area (Å²) >= 11 is 6.13. The number of hydrogen-bond donors (Lipinski definition) is 0. The third kappa shape index (κ3) is 4.28. The number of hydrogen-bond acceptors (Lipinski definition) is 5. The van der Waals surface area contributed by atoms with Gasteiger partial charge in [0.15, 0.2) is 5.82 Å². The highest BCUT2D eigenvalue weighted by molar-refractivity contribution is 6.31. The molecule has 0 N–H and O–H groups in total. The standard InChI is InChI=1S/C16H19ClFN3O2/c1-22-8-7-15-19-16(23-20-15)10-21(11-5-6-11)9-12-13(17)3-2-4-14(12)18/h2-4,11H,5-10H2,1H3. The summed E-state index contributed by atoms with van der Waals surface area (Å²) in [6, 6.07) is 5.17. The van der Waals surface area contributed by atoms with E-state index in [4.69, 9.17) is 20.9 Å². The number of benzene rings is 1. The molecule has 0 bridgehead atoms. The van der Waals surface area contributed by atoms with Crippen LogP contribution in [0.25, 0.3) is 0 Å². The van der Waals surface area contributed by atoms with Gasteiger partial charge in [0.05, 0.1) is 13.2 Å². The molecule has 7 heteroatoms. The molecule has 0 atom stereocenters. The van der Waals surface area contributed by atoms with Crippen LogP contribution in [0.5, 0.6) is 0 Å². The van der Waals surface area contributed by atoms with Crippen molar-refractivity contribution < 1.29 is 13.7 Å². The normalized spacial score (nSPS) is 14.6. The average molecular weight is 340 g/mol. The molecular weight excluding hydrogens is 321 g/mol. The van der Waals surface area contributed by atoms with E-state index in [0.29, 0.717) is 54.5 Å². The highest BCUT2D eigenvalue weighted by Crippen LogP contribution is 2.31. The van der Waals surface area contributed by atoms with Crippen LogP contribution in [0.3, 0.4) is 0 Å². The maximum absolute atomic E-state index is 14.0. The SMILES string of the molecule is COCCc1noc(CN(Cc2c(F)cccc2Cl)C2CC2)n1. The van der Waals surface area contributed by atoms with Crippen LogP contribution in [0.2, 0.25) is 5.02 Å². The topological polar surface area (TPSA) is 51.4 Å². The summed E-state index contributed by atoms with van der Waals surface area (Å²) in [5.74, 6) is 0.881. The van der Waals surface area contributed by atoms with E-state index in [1.165, 1.54) is 6.07 Å². The zero-order valence-electron chi connectivity index (χ0n) is 13.0. The minimum absolute atomic E-state index is 0.283. The quantitative estimate of drug-likeness (QED) is 0.739. The Morgan fingerprint density at radius 1 is 1.39 bits per heavy atom. The van der Waals surface area contributed by atoms with Crippen molar-refractivity contribution in [1.29, 1.82) is 0 Å². The van der Waals surface area contributed by atoms with Crippen molar-refractivity contribution in [2.45, 2.75) is 38.4 Å². The summed E-state index contributed by atoms with van der Waals surface area (Å²) in [5, 5.41) is 4.38. The van der Waals surface area contributed by atoms with E-state index in [9.17, 15) is 4.39 Å². The summed E-state index contributed by atoms with van der Waals surface area (Å²) in [6.07, 6.45) is 2.80. The Bertz CT molecular complexity index is 640. The van der Waals surface area contributed by atoms with Crippen molar-refractivity contribution in [3.8, 4) is 0 Å². The van der Waals surface area contributed by atoms with Crippen molar-refractivity contribution in [3.05, 3.63) is 46.3 Å². The predicted octanol–water partition coefficient (Wildman–Crippen LogP) is 3.22. The molecule has 1 aromatic carbocycles. The lowest BCUT2D eigenvalue weighted by Crippen LogP contribution is -2.26. The number of ether oxygens (including phenoxy) is 1. The molecule has 0 radical (unpaired) electrons. The number of rotatable bonds is 8. The molecule has 1 heterocycles. The van der Waals surface area contributed by atoms with Gasteiger partial charge in [0.25, 0.3) is 0 Å². The van der Waals surface area contributed by atoms with E-state index in [1.807, 2.05) is 0 Å². The monoisotopic (exact) mass is 339 g/mol. The highest BCUT2D eigenvalue weighted by atomic mass is 35.5. The van der Waals surface area contributed by atoms with Gasteiger partial charge in [0.1, 0.15) is 5.82 Å². The van der Waals surface area contributed by atoms with Crippen LogP contribution in [0.4, 0.5) is 4.39 Å². The van der Waals surface area contributed by atoms with Gasteiger partial charge in [-0.25, -0.2) is 4.39 Å². The maximum atomic E-state index is 14.0. The number of nitrogens with zero attached hydrogens (tertiary/aromatic N) is 3. The molecule has 2 aromatic rings. The zero-order valence-corrected chi connectivity index (χ0v) is 13.7.